The van der Waals surface area contributed by atoms with Crippen LogP contribution in [-0.2, 0) is 33.6 Å². The van der Waals surface area contributed by atoms with Crippen molar-refractivity contribution in [1.82, 2.24) is 10.3 Å². The van der Waals surface area contributed by atoms with Gasteiger partial charge in [-0.1, -0.05) is 122 Å². The van der Waals surface area contributed by atoms with Crippen LogP contribution in [0.1, 0.15) is 154 Å². The maximum Gasteiger partial charge on any atom is 0.220 e. The van der Waals surface area contributed by atoms with Gasteiger partial charge in [0, 0.05) is 11.3 Å². The molecule has 1 aliphatic rings. The number of hydrogen-bond donors (Lipinski definition) is 2. The number of ketones is 2. The van der Waals surface area contributed by atoms with E-state index in [1.165, 1.54) is 43.2 Å². The highest BCUT2D eigenvalue weighted by Gasteiger charge is 2.26. The summed E-state index contributed by atoms with van der Waals surface area (Å²) in [7, 11) is 0. The predicted molar refractivity (Wildman–Crippen MR) is 224 cm³/mol. The molecule has 7 heteroatoms. The van der Waals surface area contributed by atoms with Gasteiger partial charge < -0.3 is 11.1 Å². The Morgan fingerprint density at radius 1 is 0.846 bits per heavy atom. The average molecular weight is 736 g/mol. The Balaban J connectivity index is 0.00000132. The molecule has 0 fully saturated rings. The van der Waals surface area contributed by atoms with Gasteiger partial charge in [-0.25, -0.2) is 4.98 Å². The number of carbonyl (C=O) groups is 3. The number of nitrogens with one attached hydrogen (secondary N) is 1. The van der Waals surface area contributed by atoms with E-state index in [-0.39, 0.29) is 23.5 Å². The van der Waals surface area contributed by atoms with E-state index in [4.69, 9.17) is 10.7 Å². The maximum atomic E-state index is 13.3. The minimum atomic E-state index is -0.431. The molecule has 0 saturated carbocycles. The first-order valence-corrected chi connectivity index (χ1v) is 21.1. The van der Waals surface area contributed by atoms with Gasteiger partial charge in [-0.3, -0.25) is 14.4 Å². The third-order valence-corrected chi connectivity index (χ3v) is 10.1. The molecule has 0 radical (unpaired) electrons. The Kier molecular flexibility index (Phi) is 26.8. The number of Topliss-reactive ketones (excluding diaryl/α,β-unsaturated/α-hetero) is 2. The molecule has 0 aliphatic heterocycles. The summed E-state index contributed by atoms with van der Waals surface area (Å²) >= 11 is 1.73. The number of amides is 1. The number of aromatic nitrogens is 1. The minimum absolute atomic E-state index is 0.0245. The molecular formula is C45H73N3O3S. The quantitative estimate of drug-likeness (QED) is 0.0769. The van der Waals surface area contributed by atoms with E-state index < -0.39 is 6.04 Å². The zero-order valence-electron chi connectivity index (χ0n) is 33.8. The first kappa shape index (κ1) is 47.1. The van der Waals surface area contributed by atoms with Crippen LogP contribution in [0.15, 0.2) is 60.8 Å². The molecule has 0 aromatic carbocycles. The zero-order valence-corrected chi connectivity index (χ0v) is 34.7. The van der Waals surface area contributed by atoms with E-state index >= 15 is 0 Å². The van der Waals surface area contributed by atoms with Crippen LogP contribution in [0.4, 0.5) is 0 Å². The second-order valence-electron chi connectivity index (χ2n) is 15.1. The lowest BCUT2D eigenvalue weighted by Crippen LogP contribution is -2.42. The number of rotatable bonds is 25. The number of aryl methyl sites for hydroxylation is 1. The van der Waals surface area contributed by atoms with Crippen molar-refractivity contribution in [2.75, 3.05) is 0 Å². The van der Waals surface area contributed by atoms with Gasteiger partial charge in [-0.05, 0) is 102 Å². The third kappa shape index (κ3) is 23.6. The van der Waals surface area contributed by atoms with Gasteiger partial charge in [0.2, 0.25) is 5.91 Å². The lowest BCUT2D eigenvalue weighted by molar-refractivity contribution is -0.127. The normalized spacial score (nSPS) is 16.0. The first-order chi connectivity index (χ1) is 25.0. The fraction of sp³-hybridized carbons (Fsp3) is 0.644. The highest BCUT2D eigenvalue weighted by Crippen LogP contribution is 2.32. The molecule has 1 aromatic heterocycles. The standard InChI is InChI=1S/C38H58N2O2S.C7H15NO/c1-5-7-9-10-11-12-13-14-15-16-17-18-19-20-21-22-23-25-37(42)39-34(28-31(3)4)35(41)30-38-40-33-27-26-32(24-8-6-2)29-36(33)43-38;1-5(2)4-7(8)6(3)9/h7,9,11-12,14-15,17-18,20-21,31-32,34H,5-6,8,10,13,16,19,22-30H2,1-4H3,(H,39,42);5,7H,4,8H2,1-3H3/b9-7-,12-11-,15-14-,18-17-,21-20-;/t32-,34+;7-/m10/s1. The monoisotopic (exact) mass is 736 g/mol. The fourth-order valence-electron chi connectivity index (χ4n) is 6.02. The average Bonchev–Trinajstić information content (AvgIpc) is 3.49. The van der Waals surface area contributed by atoms with Crippen molar-refractivity contribution in [3.8, 4) is 0 Å². The molecular weight excluding hydrogens is 663 g/mol. The van der Waals surface area contributed by atoms with E-state index in [0.29, 0.717) is 31.1 Å². The van der Waals surface area contributed by atoms with Crippen LogP contribution in [0.3, 0.4) is 0 Å². The van der Waals surface area contributed by atoms with Gasteiger partial charge in [0.05, 0.1) is 24.2 Å². The minimum Gasteiger partial charge on any atom is -0.346 e. The van der Waals surface area contributed by atoms with Gasteiger partial charge in [-0.15, -0.1) is 11.3 Å². The molecule has 52 heavy (non-hydrogen) atoms. The number of unbranched alkanes of at least 4 members (excludes halogenated alkanes) is 2. The van der Waals surface area contributed by atoms with E-state index in [2.05, 4.69) is 108 Å². The Labute approximate surface area is 322 Å². The summed E-state index contributed by atoms with van der Waals surface area (Å²) in [5.74, 6) is 1.77. The lowest BCUT2D eigenvalue weighted by Gasteiger charge is -2.20. The molecule has 6 nitrogen and oxygen atoms in total. The van der Waals surface area contributed by atoms with Crippen LogP contribution in [0, 0.1) is 17.8 Å². The third-order valence-electron chi connectivity index (χ3n) is 8.99. The number of nitrogens with zero attached hydrogens (tertiary/aromatic N) is 1. The van der Waals surface area contributed by atoms with Crippen molar-refractivity contribution in [1.29, 1.82) is 0 Å². The number of allylic oxidation sites excluding steroid dienone is 10. The molecule has 1 amide bonds. The summed E-state index contributed by atoms with van der Waals surface area (Å²) < 4.78 is 0. The van der Waals surface area contributed by atoms with Crippen molar-refractivity contribution in [2.24, 2.45) is 23.5 Å². The Morgan fingerprint density at radius 2 is 1.42 bits per heavy atom. The van der Waals surface area contributed by atoms with E-state index in [1.807, 2.05) is 0 Å². The second kappa shape index (κ2) is 29.5. The van der Waals surface area contributed by atoms with Crippen LogP contribution in [0.2, 0.25) is 0 Å². The molecule has 292 valence electrons. The summed E-state index contributed by atoms with van der Waals surface area (Å²) in [6.45, 7) is 14.3. The molecule has 2 rings (SSSR count). The smallest absolute Gasteiger partial charge is 0.220 e. The van der Waals surface area contributed by atoms with Crippen LogP contribution in [-0.4, -0.2) is 34.5 Å². The second-order valence-corrected chi connectivity index (χ2v) is 16.2. The number of fused-ring (bicyclic) bond motifs is 1. The summed E-state index contributed by atoms with van der Waals surface area (Å²) in [5, 5.41) is 3.98. The Hall–Kier alpha value is -2.90. The molecule has 3 N–H and O–H groups in total. The molecule has 0 bridgehead atoms. The molecule has 0 spiro atoms. The highest BCUT2D eigenvalue weighted by atomic mass is 32.1. The SMILES string of the molecule is CC(=O)[C@@H](N)CC(C)C.CC/C=C\C/C=C\C/C=C\C/C=C\C/C=C\CCCC(=O)N[C@@H](CC(C)C)C(=O)Cc1nc2c(s1)C[C@H](CCCC)CC2. The van der Waals surface area contributed by atoms with Crippen molar-refractivity contribution in [3.63, 3.8) is 0 Å². The summed E-state index contributed by atoms with van der Waals surface area (Å²) in [4.78, 5) is 42.7. The molecule has 3 atom stereocenters. The van der Waals surface area contributed by atoms with E-state index in [9.17, 15) is 14.4 Å². The van der Waals surface area contributed by atoms with Gasteiger partial charge >= 0.3 is 0 Å². The Bertz CT molecular complexity index is 1290. The molecule has 1 heterocycles. The topological polar surface area (TPSA) is 102 Å². The lowest BCUT2D eigenvalue weighted by atomic mass is 9.87. The molecule has 1 aliphatic carbocycles. The molecule has 0 unspecified atom stereocenters. The number of nitrogens with two attached hydrogens (primary N) is 1. The van der Waals surface area contributed by atoms with Gasteiger partial charge in [0.15, 0.2) is 5.78 Å². The summed E-state index contributed by atoms with van der Waals surface area (Å²) in [6, 6.07) is -0.676. The number of carbonyl (C=O) groups excluding carboxylic acids is 3. The Morgan fingerprint density at radius 3 is 1.94 bits per heavy atom. The molecule has 0 saturated heterocycles. The number of thiazole rings is 1. The first-order valence-electron chi connectivity index (χ1n) is 20.3. The fourth-order valence-corrected chi connectivity index (χ4v) is 7.25. The van der Waals surface area contributed by atoms with Gasteiger partial charge in [0.25, 0.3) is 0 Å². The largest absolute Gasteiger partial charge is 0.346 e. The zero-order chi connectivity index (χ0) is 38.6. The van der Waals surface area contributed by atoms with Crippen LogP contribution < -0.4 is 11.1 Å². The highest BCUT2D eigenvalue weighted by molar-refractivity contribution is 7.11. The van der Waals surface area contributed by atoms with Gasteiger partial charge in [0.1, 0.15) is 10.8 Å². The maximum absolute atomic E-state index is 13.3. The van der Waals surface area contributed by atoms with Crippen LogP contribution in [0.5, 0.6) is 0 Å². The van der Waals surface area contributed by atoms with Crippen molar-refractivity contribution < 1.29 is 14.4 Å². The number of hydrogen-bond acceptors (Lipinski definition) is 6. The van der Waals surface area contributed by atoms with E-state index in [1.54, 1.807) is 11.3 Å². The predicted octanol–water partition coefficient (Wildman–Crippen LogP) is 11.0. The molecule has 1 aromatic rings. The van der Waals surface area contributed by atoms with Crippen LogP contribution in [0.25, 0.3) is 0 Å². The van der Waals surface area contributed by atoms with Crippen molar-refractivity contribution in [3.05, 3.63) is 76.3 Å². The van der Waals surface area contributed by atoms with E-state index in [0.717, 1.165) is 75.1 Å². The summed E-state index contributed by atoms with van der Waals surface area (Å²) in [5.41, 5.74) is 6.68. The van der Waals surface area contributed by atoms with Crippen molar-refractivity contribution >= 4 is 28.8 Å². The summed E-state index contributed by atoms with van der Waals surface area (Å²) in [6.07, 6.45) is 38.0. The van der Waals surface area contributed by atoms with Crippen molar-refractivity contribution in [2.45, 2.75) is 170 Å². The van der Waals surface area contributed by atoms with Gasteiger partial charge in [-0.2, -0.15) is 0 Å². The van der Waals surface area contributed by atoms with Crippen LogP contribution >= 0.6 is 11.3 Å².